The lowest BCUT2D eigenvalue weighted by molar-refractivity contribution is 0.0235. The maximum Gasteiger partial charge on any atom is 0.0991 e. The summed E-state index contributed by atoms with van der Waals surface area (Å²) in [4.78, 5) is 0. The van der Waals surface area contributed by atoms with Crippen LogP contribution >= 0.6 is 0 Å². The summed E-state index contributed by atoms with van der Waals surface area (Å²) in [6, 6.07) is 9.61. The Labute approximate surface area is 91.5 Å². The minimum Gasteiger partial charge on any atom is -0.374 e. The van der Waals surface area contributed by atoms with Crippen LogP contribution < -0.4 is 0 Å². The molecule has 0 spiro atoms. The van der Waals surface area contributed by atoms with Crippen LogP contribution in [-0.4, -0.2) is 6.10 Å². The van der Waals surface area contributed by atoms with Gasteiger partial charge in [0.1, 0.15) is 0 Å². The van der Waals surface area contributed by atoms with Gasteiger partial charge in [0.2, 0.25) is 0 Å². The molecule has 80 valence electrons. The first-order valence-corrected chi connectivity index (χ1v) is 5.24. The minimum absolute atomic E-state index is 0.264. The maximum atomic E-state index is 8.64. The van der Waals surface area contributed by atoms with Crippen LogP contribution in [0.15, 0.2) is 24.3 Å². The first kappa shape index (κ1) is 11.7. The third-order valence-electron chi connectivity index (χ3n) is 2.53. The molecule has 0 saturated heterocycles. The predicted molar refractivity (Wildman–Crippen MR) is 60.2 cm³/mol. The van der Waals surface area contributed by atoms with Crippen LogP contribution in [0.2, 0.25) is 0 Å². The normalized spacial score (nSPS) is 12.5. The van der Waals surface area contributed by atoms with Crippen LogP contribution in [0.1, 0.15) is 31.9 Å². The summed E-state index contributed by atoms with van der Waals surface area (Å²) in [6.45, 7) is 6.98. The van der Waals surface area contributed by atoms with Crippen LogP contribution in [-0.2, 0) is 11.3 Å². The van der Waals surface area contributed by atoms with Crippen molar-refractivity contribution in [3.05, 3.63) is 35.4 Å². The predicted octanol–water partition coefficient (Wildman–Crippen LogP) is 3.12. The minimum atomic E-state index is 0.264. The van der Waals surface area contributed by atoms with E-state index in [-0.39, 0.29) is 6.10 Å². The van der Waals surface area contributed by atoms with Crippen molar-refractivity contribution >= 4 is 0 Å². The summed E-state index contributed by atoms with van der Waals surface area (Å²) >= 11 is 0. The maximum absolute atomic E-state index is 8.64. The Kier molecular flexibility index (Phi) is 4.33. The average molecular weight is 203 g/mol. The number of hydrogen-bond donors (Lipinski definition) is 0. The van der Waals surface area contributed by atoms with Crippen LogP contribution in [0, 0.1) is 17.2 Å². The third-order valence-corrected chi connectivity index (χ3v) is 2.53. The largest absolute Gasteiger partial charge is 0.374 e. The highest BCUT2D eigenvalue weighted by Crippen LogP contribution is 2.10. The summed E-state index contributed by atoms with van der Waals surface area (Å²) < 4.78 is 5.68. The van der Waals surface area contributed by atoms with Gasteiger partial charge in [-0.25, -0.2) is 0 Å². The molecule has 0 amide bonds. The van der Waals surface area contributed by atoms with Gasteiger partial charge in [0, 0.05) is 0 Å². The first-order chi connectivity index (χ1) is 7.13. The van der Waals surface area contributed by atoms with Crippen LogP contribution in [0.3, 0.4) is 0 Å². The molecule has 0 aromatic heterocycles. The Morgan fingerprint density at radius 3 is 2.27 bits per heavy atom. The van der Waals surface area contributed by atoms with E-state index in [0.29, 0.717) is 18.1 Å². The molecule has 0 saturated carbocycles. The highest BCUT2D eigenvalue weighted by atomic mass is 16.5. The van der Waals surface area contributed by atoms with Crippen molar-refractivity contribution in [3.63, 3.8) is 0 Å². The van der Waals surface area contributed by atoms with Gasteiger partial charge < -0.3 is 4.74 Å². The van der Waals surface area contributed by atoms with Crippen LogP contribution in [0.5, 0.6) is 0 Å². The number of nitrogens with zero attached hydrogens (tertiary/aromatic N) is 1. The quantitative estimate of drug-likeness (QED) is 0.753. The molecule has 0 fully saturated rings. The van der Waals surface area contributed by atoms with Gasteiger partial charge in [0.15, 0.2) is 0 Å². The summed E-state index contributed by atoms with van der Waals surface area (Å²) in [5.74, 6) is 0.531. The van der Waals surface area contributed by atoms with E-state index in [1.165, 1.54) is 0 Å². The third kappa shape index (κ3) is 3.73. The van der Waals surface area contributed by atoms with Crippen LogP contribution in [0.4, 0.5) is 0 Å². The van der Waals surface area contributed by atoms with E-state index in [9.17, 15) is 0 Å². The molecule has 1 aromatic rings. The van der Waals surface area contributed by atoms with E-state index < -0.39 is 0 Å². The molecular weight excluding hydrogens is 186 g/mol. The fourth-order valence-corrected chi connectivity index (χ4v) is 1.10. The highest BCUT2D eigenvalue weighted by molar-refractivity contribution is 5.31. The van der Waals surface area contributed by atoms with Gasteiger partial charge in [-0.15, -0.1) is 0 Å². The van der Waals surface area contributed by atoms with Crippen molar-refractivity contribution in [1.29, 1.82) is 5.26 Å². The Morgan fingerprint density at radius 2 is 1.80 bits per heavy atom. The zero-order valence-corrected chi connectivity index (χ0v) is 9.53. The second-order valence-electron chi connectivity index (χ2n) is 4.07. The Bertz CT molecular complexity index is 335. The van der Waals surface area contributed by atoms with Gasteiger partial charge in [0.05, 0.1) is 24.3 Å². The molecule has 15 heavy (non-hydrogen) atoms. The SMILES string of the molecule is CC(C)C(C)OCc1ccc(C#N)cc1. The molecule has 0 aliphatic rings. The van der Waals surface area contributed by atoms with Gasteiger partial charge in [-0.1, -0.05) is 26.0 Å². The lowest BCUT2D eigenvalue weighted by atomic mass is 10.1. The van der Waals surface area contributed by atoms with Crippen molar-refractivity contribution in [2.45, 2.75) is 33.5 Å². The molecule has 1 atom stereocenters. The standard InChI is InChI=1S/C13H17NO/c1-10(2)11(3)15-9-13-6-4-12(8-14)5-7-13/h4-7,10-11H,9H2,1-3H3. The van der Waals surface area contributed by atoms with E-state index >= 15 is 0 Å². The molecular formula is C13H17NO. The lowest BCUT2D eigenvalue weighted by Crippen LogP contribution is -2.14. The fourth-order valence-electron chi connectivity index (χ4n) is 1.10. The van der Waals surface area contributed by atoms with Gasteiger partial charge in [0.25, 0.3) is 0 Å². The summed E-state index contributed by atoms with van der Waals surface area (Å²) in [6.07, 6.45) is 0.264. The van der Waals surface area contributed by atoms with E-state index in [0.717, 1.165) is 5.56 Å². The van der Waals surface area contributed by atoms with E-state index in [2.05, 4.69) is 26.8 Å². The van der Waals surface area contributed by atoms with Gasteiger partial charge in [-0.3, -0.25) is 0 Å². The number of rotatable bonds is 4. The smallest absolute Gasteiger partial charge is 0.0991 e. The number of ether oxygens (including phenoxy) is 1. The zero-order chi connectivity index (χ0) is 11.3. The van der Waals surface area contributed by atoms with Gasteiger partial charge >= 0.3 is 0 Å². The number of benzene rings is 1. The number of hydrogen-bond acceptors (Lipinski definition) is 2. The molecule has 0 aliphatic heterocycles. The number of nitriles is 1. The molecule has 0 aliphatic carbocycles. The summed E-state index contributed by atoms with van der Waals surface area (Å²) in [5.41, 5.74) is 1.80. The molecule has 0 N–H and O–H groups in total. The summed E-state index contributed by atoms with van der Waals surface area (Å²) in [7, 11) is 0. The molecule has 1 unspecified atom stereocenters. The lowest BCUT2D eigenvalue weighted by Gasteiger charge is -2.16. The Balaban J connectivity index is 2.48. The molecule has 0 heterocycles. The molecule has 0 bridgehead atoms. The van der Waals surface area contributed by atoms with Crippen molar-refractivity contribution < 1.29 is 4.74 Å². The van der Waals surface area contributed by atoms with Gasteiger partial charge in [-0.05, 0) is 30.5 Å². The van der Waals surface area contributed by atoms with E-state index in [1.807, 2.05) is 24.3 Å². The Morgan fingerprint density at radius 1 is 1.20 bits per heavy atom. The molecule has 2 heteroatoms. The Hall–Kier alpha value is -1.33. The highest BCUT2D eigenvalue weighted by Gasteiger charge is 2.06. The monoisotopic (exact) mass is 203 g/mol. The molecule has 1 aromatic carbocycles. The van der Waals surface area contributed by atoms with Crippen molar-refractivity contribution in [3.8, 4) is 6.07 Å². The van der Waals surface area contributed by atoms with Crippen molar-refractivity contribution in [1.82, 2.24) is 0 Å². The average Bonchev–Trinajstić information content (AvgIpc) is 2.26. The zero-order valence-electron chi connectivity index (χ0n) is 9.53. The molecule has 1 rings (SSSR count). The fraction of sp³-hybridized carbons (Fsp3) is 0.462. The van der Waals surface area contributed by atoms with Crippen molar-refractivity contribution in [2.75, 3.05) is 0 Å². The van der Waals surface area contributed by atoms with Crippen molar-refractivity contribution in [2.24, 2.45) is 5.92 Å². The molecule has 2 nitrogen and oxygen atoms in total. The summed E-state index contributed by atoms with van der Waals surface area (Å²) in [5, 5.41) is 8.64. The second-order valence-corrected chi connectivity index (χ2v) is 4.07. The first-order valence-electron chi connectivity index (χ1n) is 5.24. The van der Waals surface area contributed by atoms with E-state index in [4.69, 9.17) is 10.00 Å². The van der Waals surface area contributed by atoms with Gasteiger partial charge in [-0.2, -0.15) is 5.26 Å². The van der Waals surface area contributed by atoms with E-state index in [1.54, 1.807) is 0 Å². The van der Waals surface area contributed by atoms with Crippen LogP contribution in [0.25, 0.3) is 0 Å². The topological polar surface area (TPSA) is 33.0 Å². The molecule has 0 radical (unpaired) electrons. The second kappa shape index (κ2) is 5.53.